The minimum absolute atomic E-state index is 0.542. The fourth-order valence-electron chi connectivity index (χ4n) is 0.999. The summed E-state index contributed by atoms with van der Waals surface area (Å²) in [5.41, 5.74) is 1.27. The van der Waals surface area contributed by atoms with Crippen LogP contribution in [-0.4, -0.2) is 18.1 Å². The van der Waals surface area contributed by atoms with Gasteiger partial charge in [0.15, 0.2) is 0 Å². The lowest BCUT2D eigenvalue weighted by Crippen LogP contribution is -2.29. The highest BCUT2D eigenvalue weighted by Crippen LogP contribution is 2.05. The van der Waals surface area contributed by atoms with Crippen molar-refractivity contribution in [2.75, 3.05) is 12.0 Å². The first kappa shape index (κ1) is 7.73. The molecule has 0 fully saturated rings. The fourth-order valence-corrected chi connectivity index (χ4v) is 1.55. The van der Waals surface area contributed by atoms with Crippen LogP contribution in [0.3, 0.4) is 0 Å². The first-order chi connectivity index (χ1) is 4.83. The maximum atomic E-state index is 3.37. The van der Waals surface area contributed by atoms with Crippen molar-refractivity contribution in [3.8, 4) is 0 Å². The van der Waals surface area contributed by atoms with Crippen LogP contribution in [0.5, 0.6) is 0 Å². The monoisotopic (exact) mass is 155 g/mol. The highest BCUT2D eigenvalue weighted by Gasteiger charge is 2.04. The first-order valence-corrected chi connectivity index (χ1v) is 4.83. The van der Waals surface area contributed by atoms with Crippen molar-refractivity contribution >= 4 is 11.8 Å². The van der Waals surface area contributed by atoms with Crippen LogP contribution in [0.1, 0.15) is 6.92 Å². The van der Waals surface area contributed by atoms with Crippen molar-refractivity contribution in [2.24, 2.45) is 0 Å². The third-order valence-electron chi connectivity index (χ3n) is 1.45. The fraction of sp³-hybridized carbons (Fsp3) is 0.500. The Morgan fingerprint density at radius 2 is 2.50 bits per heavy atom. The normalized spacial score (nSPS) is 23.8. The molecular formula is C8H13NS. The van der Waals surface area contributed by atoms with E-state index < -0.39 is 0 Å². The Hall–Kier alpha value is -0.370. The van der Waals surface area contributed by atoms with Crippen LogP contribution >= 0.6 is 11.8 Å². The van der Waals surface area contributed by atoms with Gasteiger partial charge in [-0.2, -0.15) is 11.8 Å². The molecule has 0 aromatic heterocycles. The summed E-state index contributed by atoms with van der Waals surface area (Å²) >= 11 is 1.87. The summed E-state index contributed by atoms with van der Waals surface area (Å²) in [6, 6.07) is 0.542. The highest BCUT2D eigenvalue weighted by atomic mass is 32.2. The average Bonchev–Trinajstić information content (AvgIpc) is 1.88. The molecule has 0 saturated carbocycles. The minimum atomic E-state index is 0.542. The molecule has 0 aromatic rings. The summed E-state index contributed by atoms with van der Waals surface area (Å²) in [4.78, 5) is 0. The van der Waals surface area contributed by atoms with Crippen molar-refractivity contribution in [1.29, 1.82) is 0 Å². The largest absolute Gasteiger partial charge is 0.382 e. The maximum Gasteiger partial charge on any atom is 0.0534 e. The predicted octanol–water partition coefficient (Wildman–Crippen LogP) is 1.78. The first-order valence-electron chi connectivity index (χ1n) is 3.43. The Labute approximate surface area is 66.6 Å². The van der Waals surface area contributed by atoms with E-state index in [4.69, 9.17) is 0 Å². The van der Waals surface area contributed by atoms with Gasteiger partial charge in [-0.1, -0.05) is 12.2 Å². The van der Waals surface area contributed by atoms with Gasteiger partial charge in [-0.25, -0.2) is 0 Å². The van der Waals surface area contributed by atoms with Crippen LogP contribution in [0, 0.1) is 0 Å². The third kappa shape index (κ3) is 2.10. The van der Waals surface area contributed by atoms with Gasteiger partial charge in [0.05, 0.1) is 6.04 Å². The quantitative estimate of drug-likeness (QED) is 0.652. The Balaban J connectivity index is 2.39. The molecular weight excluding hydrogens is 142 g/mol. The lowest BCUT2D eigenvalue weighted by atomic mass is 10.2. The summed E-state index contributed by atoms with van der Waals surface area (Å²) < 4.78 is 0. The molecule has 0 aliphatic carbocycles. The predicted molar refractivity (Wildman–Crippen MR) is 48.2 cm³/mol. The second kappa shape index (κ2) is 3.71. The Kier molecular flexibility index (Phi) is 2.87. The number of thioether (sulfide) groups is 1. The van der Waals surface area contributed by atoms with Crippen molar-refractivity contribution in [3.63, 3.8) is 0 Å². The Morgan fingerprint density at radius 3 is 3.10 bits per heavy atom. The van der Waals surface area contributed by atoms with Gasteiger partial charge in [-0.3, -0.25) is 0 Å². The van der Waals surface area contributed by atoms with Crippen molar-refractivity contribution in [3.05, 3.63) is 23.9 Å². The molecule has 1 heterocycles. The van der Waals surface area contributed by atoms with Crippen LogP contribution in [-0.2, 0) is 0 Å². The minimum Gasteiger partial charge on any atom is -0.382 e. The Bertz CT molecular complexity index is 161. The molecule has 1 atom stereocenters. The molecule has 1 unspecified atom stereocenters. The van der Waals surface area contributed by atoms with Crippen molar-refractivity contribution in [2.45, 2.75) is 13.0 Å². The lowest BCUT2D eigenvalue weighted by Gasteiger charge is -2.18. The molecule has 1 nitrogen and oxygen atoms in total. The Morgan fingerprint density at radius 1 is 1.70 bits per heavy atom. The van der Waals surface area contributed by atoms with Crippen molar-refractivity contribution in [1.82, 2.24) is 5.32 Å². The SMILES string of the molecule is CSCC1C=CC=C(C)N1. The van der Waals surface area contributed by atoms with E-state index in [2.05, 4.69) is 36.7 Å². The molecule has 0 spiro atoms. The number of hydrogen-bond acceptors (Lipinski definition) is 2. The van der Waals surface area contributed by atoms with Gasteiger partial charge >= 0.3 is 0 Å². The summed E-state index contributed by atoms with van der Waals surface area (Å²) in [5.74, 6) is 1.15. The van der Waals surface area contributed by atoms with Crippen LogP contribution in [0.2, 0.25) is 0 Å². The third-order valence-corrected chi connectivity index (χ3v) is 2.14. The van der Waals surface area contributed by atoms with Gasteiger partial charge < -0.3 is 5.32 Å². The van der Waals surface area contributed by atoms with Crippen LogP contribution < -0.4 is 5.32 Å². The average molecular weight is 155 g/mol. The van der Waals surface area contributed by atoms with E-state index in [0.29, 0.717) is 6.04 Å². The van der Waals surface area contributed by atoms with Gasteiger partial charge in [0.2, 0.25) is 0 Å². The maximum absolute atomic E-state index is 3.37. The van der Waals surface area contributed by atoms with E-state index in [1.54, 1.807) is 0 Å². The zero-order valence-corrected chi connectivity index (χ0v) is 7.24. The molecule has 0 amide bonds. The van der Waals surface area contributed by atoms with Gasteiger partial charge in [-0.15, -0.1) is 0 Å². The van der Waals surface area contributed by atoms with Gasteiger partial charge in [0, 0.05) is 11.4 Å². The summed E-state index contributed by atoms with van der Waals surface area (Å²) in [7, 11) is 0. The molecule has 1 aliphatic rings. The van der Waals surface area contributed by atoms with Crippen LogP contribution in [0.25, 0.3) is 0 Å². The molecule has 1 aliphatic heterocycles. The molecule has 0 saturated heterocycles. The number of allylic oxidation sites excluding steroid dienone is 3. The number of rotatable bonds is 2. The second-order valence-electron chi connectivity index (χ2n) is 2.44. The van der Waals surface area contributed by atoms with Gasteiger partial charge in [0.1, 0.15) is 0 Å². The van der Waals surface area contributed by atoms with Crippen LogP contribution in [0.4, 0.5) is 0 Å². The van der Waals surface area contributed by atoms with E-state index in [0.717, 1.165) is 5.75 Å². The topological polar surface area (TPSA) is 12.0 Å². The van der Waals surface area contributed by atoms with Crippen LogP contribution in [0.15, 0.2) is 23.9 Å². The molecule has 0 bridgehead atoms. The van der Waals surface area contributed by atoms with Gasteiger partial charge in [-0.05, 0) is 19.3 Å². The van der Waals surface area contributed by atoms with Gasteiger partial charge in [0.25, 0.3) is 0 Å². The molecule has 1 rings (SSSR count). The molecule has 10 heavy (non-hydrogen) atoms. The lowest BCUT2D eigenvalue weighted by molar-refractivity contribution is 0.727. The van der Waals surface area contributed by atoms with Crippen molar-refractivity contribution < 1.29 is 0 Å². The smallest absolute Gasteiger partial charge is 0.0534 e. The van der Waals surface area contributed by atoms with E-state index in [1.165, 1.54) is 5.70 Å². The highest BCUT2D eigenvalue weighted by molar-refractivity contribution is 7.98. The van der Waals surface area contributed by atoms with E-state index in [-0.39, 0.29) is 0 Å². The molecule has 0 radical (unpaired) electrons. The van der Waals surface area contributed by atoms with E-state index in [1.807, 2.05) is 11.8 Å². The number of nitrogens with one attached hydrogen (secondary N) is 1. The molecule has 2 heteroatoms. The second-order valence-corrected chi connectivity index (χ2v) is 3.35. The number of dihydropyridines is 1. The molecule has 56 valence electrons. The summed E-state index contributed by atoms with van der Waals surface area (Å²) in [6.07, 6.45) is 8.54. The molecule has 1 N–H and O–H groups in total. The zero-order valence-electron chi connectivity index (χ0n) is 6.42. The summed E-state index contributed by atoms with van der Waals surface area (Å²) in [6.45, 7) is 2.09. The molecule has 0 aromatic carbocycles. The van der Waals surface area contributed by atoms with E-state index >= 15 is 0 Å². The standard InChI is InChI=1S/C8H13NS/c1-7-4-3-5-8(9-7)6-10-2/h3-5,8-9H,6H2,1-2H3. The van der Waals surface area contributed by atoms with E-state index in [9.17, 15) is 0 Å². The summed E-state index contributed by atoms with van der Waals surface area (Å²) in [5, 5.41) is 3.37. The number of hydrogen-bond donors (Lipinski definition) is 1. The zero-order chi connectivity index (χ0) is 7.40.